The van der Waals surface area contributed by atoms with Gasteiger partial charge in [-0.1, -0.05) is 0 Å². The van der Waals surface area contributed by atoms with Crippen LogP contribution in [0.1, 0.15) is 6.92 Å². The smallest absolute Gasteiger partial charge is 0.405 e. The van der Waals surface area contributed by atoms with E-state index in [4.69, 9.17) is 10.5 Å². The van der Waals surface area contributed by atoms with Crippen molar-refractivity contribution in [2.75, 3.05) is 30.8 Å². The molecule has 0 aromatic heterocycles. The van der Waals surface area contributed by atoms with Crippen molar-refractivity contribution in [2.45, 2.75) is 13.1 Å². The number of methoxy groups -OCH3 is 1. The van der Waals surface area contributed by atoms with Crippen LogP contribution < -0.4 is 15.4 Å². The Morgan fingerprint density at radius 1 is 1.29 bits per heavy atom. The van der Waals surface area contributed by atoms with Gasteiger partial charge in [0.2, 0.25) is 0 Å². The molecule has 6 heteroatoms. The van der Waals surface area contributed by atoms with Crippen molar-refractivity contribution in [3.63, 3.8) is 0 Å². The molecule has 0 heterocycles. The van der Waals surface area contributed by atoms with E-state index in [9.17, 15) is 13.2 Å². The maximum absolute atomic E-state index is 12.4. The van der Waals surface area contributed by atoms with Crippen LogP contribution in [0, 0.1) is 0 Å². The molecule has 3 nitrogen and oxygen atoms in total. The van der Waals surface area contributed by atoms with Crippen molar-refractivity contribution in [2.24, 2.45) is 0 Å². The monoisotopic (exact) mass is 248 g/mol. The highest BCUT2D eigenvalue weighted by molar-refractivity contribution is 5.60. The number of nitrogen functional groups attached to an aromatic ring is 1. The van der Waals surface area contributed by atoms with Crippen molar-refractivity contribution in [3.8, 4) is 5.75 Å². The van der Waals surface area contributed by atoms with E-state index in [1.807, 2.05) is 0 Å². The molecule has 0 unspecified atom stereocenters. The Labute approximate surface area is 98.0 Å². The molecule has 96 valence electrons. The maximum Gasteiger partial charge on any atom is 0.405 e. The number of halogens is 3. The summed E-state index contributed by atoms with van der Waals surface area (Å²) in [5.41, 5.74) is 6.38. The summed E-state index contributed by atoms with van der Waals surface area (Å²) in [5, 5.41) is 0. The zero-order valence-corrected chi connectivity index (χ0v) is 9.71. The zero-order valence-electron chi connectivity index (χ0n) is 9.71. The predicted octanol–water partition coefficient (Wildman–Crippen LogP) is 2.67. The van der Waals surface area contributed by atoms with Gasteiger partial charge < -0.3 is 15.4 Å². The number of hydrogen-bond donors (Lipinski definition) is 1. The number of nitrogens with two attached hydrogens (primary N) is 1. The van der Waals surface area contributed by atoms with Crippen molar-refractivity contribution >= 4 is 11.4 Å². The van der Waals surface area contributed by atoms with Crippen LogP contribution in [-0.4, -0.2) is 26.4 Å². The lowest BCUT2D eigenvalue weighted by Gasteiger charge is -2.25. The Kier molecular flexibility index (Phi) is 4.09. The minimum atomic E-state index is -4.24. The van der Waals surface area contributed by atoms with Gasteiger partial charge in [0.1, 0.15) is 12.3 Å². The van der Waals surface area contributed by atoms with E-state index in [2.05, 4.69) is 0 Å². The molecule has 0 aliphatic heterocycles. The van der Waals surface area contributed by atoms with Gasteiger partial charge in [0.05, 0.1) is 7.11 Å². The fourth-order valence-corrected chi connectivity index (χ4v) is 1.51. The highest BCUT2D eigenvalue weighted by Crippen LogP contribution is 2.27. The molecule has 0 aliphatic carbocycles. The van der Waals surface area contributed by atoms with Gasteiger partial charge in [0.25, 0.3) is 0 Å². The second-order valence-corrected chi connectivity index (χ2v) is 3.59. The molecule has 0 atom stereocenters. The number of anilines is 2. The summed E-state index contributed by atoms with van der Waals surface area (Å²) in [4.78, 5) is 1.19. The fraction of sp³-hybridized carbons (Fsp3) is 0.455. The Morgan fingerprint density at radius 3 is 2.41 bits per heavy atom. The molecule has 0 aliphatic rings. The summed E-state index contributed by atoms with van der Waals surface area (Å²) in [6, 6.07) is 4.59. The van der Waals surface area contributed by atoms with E-state index < -0.39 is 12.7 Å². The van der Waals surface area contributed by atoms with E-state index in [1.54, 1.807) is 13.0 Å². The van der Waals surface area contributed by atoms with Gasteiger partial charge in [-0.15, -0.1) is 0 Å². The standard InChI is InChI=1S/C11H15F3N2O/c1-3-16(7-11(12,13)14)9-4-8(15)5-10(6-9)17-2/h4-6H,3,7,15H2,1-2H3. The first-order valence-electron chi connectivity index (χ1n) is 5.12. The highest BCUT2D eigenvalue weighted by Gasteiger charge is 2.30. The number of nitrogens with zero attached hydrogens (tertiary/aromatic N) is 1. The van der Waals surface area contributed by atoms with Gasteiger partial charge in [0.15, 0.2) is 0 Å². The third-order valence-corrected chi connectivity index (χ3v) is 2.27. The maximum atomic E-state index is 12.4. The summed E-state index contributed by atoms with van der Waals surface area (Å²) in [7, 11) is 1.44. The largest absolute Gasteiger partial charge is 0.497 e. The van der Waals surface area contributed by atoms with E-state index in [0.717, 1.165) is 0 Å². The summed E-state index contributed by atoms with van der Waals surface area (Å²) in [6.07, 6.45) is -4.24. The number of rotatable bonds is 4. The first kappa shape index (κ1) is 13.5. The molecule has 0 amide bonds. The summed E-state index contributed by atoms with van der Waals surface area (Å²) < 4.78 is 42.0. The second-order valence-electron chi connectivity index (χ2n) is 3.59. The Hall–Kier alpha value is -1.59. The normalized spacial score (nSPS) is 11.4. The zero-order chi connectivity index (χ0) is 13.1. The first-order chi connectivity index (χ1) is 7.85. The molecule has 0 fully saturated rings. The van der Waals surface area contributed by atoms with E-state index in [0.29, 0.717) is 17.1 Å². The molecule has 1 aromatic carbocycles. The van der Waals surface area contributed by atoms with E-state index in [1.165, 1.54) is 24.1 Å². The van der Waals surface area contributed by atoms with E-state index in [-0.39, 0.29) is 6.54 Å². The third-order valence-electron chi connectivity index (χ3n) is 2.27. The average molecular weight is 248 g/mol. The summed E-state index contributed by atoms with van der Waals surface area (Å²) in [6.45, 7) is 0.892. The Morgan fingerprint density at radius 2 is 1.94 bits per heavy atom. The SMILES string of the molecule is CCN(CC(F)(F)F)c1cc(N)cc(OC)c1. The lowest BCUT2D eigenvalue weighted by atomic mass is 10.2. The number of hydrogen-bond acceptors (Lipinski definition) is 3. The molecular weight excluding hydrogens is 233 g/mol. The quantitative estimate of drug-likeness (QED) is 0.832. The molecule has 0 saturated heterocycles. The first-order valence-corrected chi connectivity index (χ1v) is 5.12. The minimum absolute atomic E-state index is 0.242. The Bertz CT molecular complexity index is 379. The van der Waals surface area contributed by atoms with Crippen LogP contribution in [0.4, 0.5) is 24.5 Å². The fourth-order valence-electron chi connectivity index (χ4n) is 1.51. The predicted molar refractivity (Wildman–Crippen MR) is 61.3 cm³/mol. The molecule has 1 aromatic rings. The molecule has 1 rings (SSSR count). The van der Waals surface area contributed by atoms with Gasteiger partial charge in [-0.25, -0.2) is 0 Å². The van der Waals surface area contributed by atoms with Gasteiger partial charge in [-0.05, 0) is 13.0 Å². The van der Waals surface area contributed by atoms with Crippen molar-refractivity contribution in [1.29, 1.82) is 0 Å². The molecule has 0 saturated carbocycles. The topological polar surface area (TPSA) is 38.5 Å². The molecule has 0 spiro atoms. The van der Waals surface area contributed by atoms with Crippen LogP contribution in [0.15, 0.2) is 18.2 Å². The van der Waals surface area contributed by atoms with Crippen LogP contribution in [-0.2, 0) is 0 Å². The van der Waals surface area contributed by atoms with Gasteiger partial charge >= 0.3 is 6.18 Å². The lowest BCUT2D eigenvalue weighted by molar-refractivity contribution is -0.119. The minimum Gasteiger partial charge on any atom is -0.497 e. The summed E-state index contributed by atoms with van der Waals surface area (Å²) >= 11 is 0. The van der Waals surface area contributed by atoms with Crippen LogP contribution in [0.5, 0.6) is 5.75 Å². The average Bonchev–Trinajstić information content (AvgIpc) is 2.23. The van der Waals surface area contributed by atoms with Gasteiger partial charge in [-0.2, -0.15) is 13.2 Å². The van der Waals surface area contributed by atoms with Crippen LogP contribution >= 0.6 is 0 Å². The Balaban J connectivity index is 2.99. The summed E-state index contributed by atoms with van der Waals surface area (Å²) in [5.74, 6) is 0.445. The second kappa shape index (κ2) is 5.16. The number of ether oxygens (including phenoxy) is 1. The number of alkyl halides is 3. The van der Waals surface area contributed by atoms with Crippen molar-refractivity contribution < 1.29 is 17.9 Å². The van der Waals surface area contributed by atoms with Crippen molar-refractivity contribution in [1.82, 2.24) is 0 Å². The van der Waals surface area contributed by atoms with Gasteiger partial charge in [0, 0.05) is 30.1 Å². The molecular formula is C11H15F3N2O. The number of benzene rings is 1. The third kappa shape index (κ3) is 4.05. The van der Waals surface area contributed by atoms with Crippen molar-refractivity contribution in [3.05, 3.63) is 18.2 Å². The molecule has 0 radical (unpaired) electrons. The van der Waals surface area contributed by atoms with Crippen LogP contribution in [0.2, 0.25) is 0 Å². The van der Waals surface area contributed by atoms with Crippen LogP contribution in [0.3, 0.4) is 0 Å². The highest BCUT2D eigenvalue weighted by atomic mass is 19.4. The molecule has 17 heavy (non-hydrogen) atoms. The molecule has 0 bridgehead atoms. The lowest BCUT2D eigenvalue weighted by Crippen LogP contribution is -2.34. The van der Waals surface area contributed by atoms with Gasteiger partial charge in [-0.3, -0.25) is 0 Å². The van der Waals surface area contributed by atoms with E-state index >= 15 is 0 Å². The van der Waals surface area contributed by atoms with Crippen LogP contribution in [0.25, 0.3) is 0 Å². The molecule has 2 N–H and O–H groups in total.